The van der Waals surface area contributed by atoms with E-state index < -0.39 is 12.2 Å². The van der Waals surface area contributed by atoms with Crippen molar-refractivity contribution in [3.05, 3.63) is 183 Å². The van der Waals surface area contributed by atoms with Gasteiger partial charge in [0.1, 0.15) is 6.10 Å². The van der Waals surface area contributed by atoms with Crippen molar-refractivity contribution in [1.29, 1.82) is 0 Å². The molecule has 0 radical (unpaired) electrons. The predicted octanol–water partition coefficient (Wildman–Crippen LogP) is 12.1. The molecule has 9 aromatic heterocycles. The number of hydrogen-bond acceptors (Lipinski definition) is 18. The molecule has 12 aromatic rings. The first-order valence-electron chi connectivity index (χ1n) is 36.3. The topological polar surface area (TPSA) is 256 Å². The average molecular weight is 1380 g/mol. The summed E-state index contributed by atoms with van der Waals surface area (Å²) >= 11 is 0. The van der Waals surface area contributed by atoms with E-state index in [0.717, 1.165) is 149 Å². The molecular formula is C79H85N19O5. The van der Waals surface area contributed by atoms with Crippen LogP contribution in [0.15, 0.2) is 172 Å². The number of benzene rings is 3. The number of likely N-dealkylation sites (tertiary alicyclic amines) is 1. The van der Waals surface area contributed by atoms with Gasteiger partial charge in [-0.1, -0.05) is 61.5 Å². The fraction of sp³-hybridized carbons (Fsp3) is 0.392. The number of rotatable bonds is 19. The normalized spacial score (nSPS) is 22.5. The molecule has 6 atom stereocenters. The van der Waals surface area contributed by atoms with Crippen LogP contribution >= 0.6 is 0 Å². The molecule has 2 aliphatic carbocycles. The van der Waals surface area contributed by atoms with Gasteiger partial charge in [0.05, 0.1) is 105 Å². The van der Waals surface area contributed by atoms with Gasteiger partial charge in [-0.15, -0.1) is 0 Å². The Labute approximate surface area is 597 Å². The molecule has 0 spiro atoms. The van der Waals surface area contributed by atoms with Crippen LogP contribution in [0.3, 0.4) is 0 Å². The van der Waals surface area contributed by atoms with Crippen LogP contribution in [0.2, 0.25) is 0 Å². The maximum Gasteiger partial charge on any atom is 0.159 e. The number of aryl methyl sites for hydroxylation is 3. The SMILES string of the molecule is CC1COCCC1N1CCC(n2cc(-c3c(C(CO)O[C@H]4CC[C@H](n5cc(-c6cnc(-c7cccc(-c8cnn(C)c8)c7)nc6)cn5)CC4)nc(-c4cccc(-c5cnn(C)c5)c4)nc3C(O)C3CC4COCC(C3)C4n3cc(-c4cnc(-c5cccc(-c6cnn(C)c6)c5)nc4)cn3)cn2)CC1. The molecule has 12 heterocycles. The maximum absolute atomic E-state index is 13.6. The first kappa shape index (κ1) is 66.2. The van der Waals surface area contributed by atoms with Crippen LogP contribution < -0.4 is 0 Å². The van der Waals surface area contributed by atoms with Crippen LogP contribution in [0.1, 0.15) is 106 Å². The van der Waals surface area contributed by atoms with E-state index in [-0.39, 0.29) is 48.6 Å². The summed E-state index contributed by atoms with van der Waals surface area (Å²) in [5.41, 5.74) is 14.7. The minimum Gasteiger partial charge on any atom is -0.393 e. The zero-order chi connectivity index (χ0) is 69.7. The molecule has 3 saturated heterocycles. The minimum atomic E-state index is -1.06. The zero-order valence-electron chi connectivity index (χ0n) is 58.4. The van der Waals surface area contributed by atoms with Gasteiger partial charge in [0, 0.05) is 187 Å². The van der Waals surface area contributed by atoms with Crippen LogP contribution in [-0.2, 0) is 35.4 Å². The smallest absolute Gasteiger partial charge is 0.159 e. The number of ether oxygens (including phenoxy) is 3. The average Bonchev–Trinajstić information content (AvgIpc) is 1.62. The van der Waals surface area contributed by atoms with Gasteiger partial charge in [0.2, 0.25) is 0 Å². The van der Waals surface area contributed by atoms with Crippen molar-refractivity contribution in [3.8, 4) is 101 Å². The van der Waals surface area contributed by atoms with Crippen molar-refractivity contribution in [2.24, 2.45) is 44.8 Å². The predicted molar refractivity (Wildman–Crippen MR) is 388 cm³/mol. The standard InChI is InChI=1S/C79H85N19O5/c1-49-46-101-23-20-70(49)95-21-18-68(19-22-95)97-44-66(38-88-97)72-73(71(45-99)103-69-16-14-67(15-17-69)96-42-64(36-87-96)59-29-80-77(81-30-59)53-11-5-8-50(24-53)61-33-84-92(2)39-61)90-79(55-13-7-10-52(26-55)63-35-86-94(4)41-63)91-74(72)76(100)56-27-57-47-102-48-58(28-56)75(57)98-43-65(37-89-98)60-31-82-78(83-32-60)54-12-6-9-51(25-54)62-34-85-93(3)40-62/h5-13,24-26,29-44,49,56-58,67-71,75-76,99-100H,14-23,27-28,45-48H2,1-4H3/t49?,56?,57?,58?,67-,69-,70?,71?,75?,76?. The van der Waals surface area contributed by atoms with Gasteiger partial charge in [-0.25, -0.2) is 29.9 Å². The molecule has 0 amide bonds. The maximum atomic E-state index is 13.6. The van der Waals surface area contributed by atoms with Crippen LogP contribution in [-0.4, -0.2) is 162 Å². The van der Waals surface area contributed by atoms with Crippen molar-refractivity contribution >= 4 is 0 Å². The highest BCUT2D eigenvalue weighted by Gasteiger charge is 2.46. The first-order valence-corrected chi connectivity index (χ1v) is 36.3. The van der Waals surface area contributed by atoms with E-state index in [9.17, 15) is 10.2 Å². The molecule has 6 unspecified atom stereocenters. The molecule has 526 valence electrons. The molecule has 24 heteroatoms. The van der Waals surface area contributed by atoms with Crippen molar-refractivity contribution in [2.75, 3.05) is 46.1 Å². The molecule has 2 bridgehead atoms. The molecule has 2 saturated carbocycles. The van der Waals surface area contributed by atoms with E-state index in [1.165, 1.54) is 0 Å². The summed E-state index contributed by atoms with van der Waals surface area (Å²) in [6, 6.07) is 25.4. The Balaban J connectivity index is 0.662. The van der Waals surface area contributed by atoms with Crippen LogP contribution in [0.25, 0.3) is 101 Å². The lowest BCUT2D eigenvalue weighted by Crippen LogP contribution is -2.48. The summed E-state index contributed by atoms with van der Waals surface area (Å²) in [6.07, 6.45) is 36.2. The Morgan fingerprint density at radius 1 is 0.466 bits per heavy atom. The summed E-state index contributed by atoms with van der Waals surface area (Å²) < 4.78 is 31.2. The number of hydrogen-bond donors (Lipinski definition) is 2. The lowest BCUT2D eigenvalue weighted by atomic mass is 9.68. The Bertz CT molecular complexity index is 4910. The highest BCUT2D eigenvalue weighted by atomic mass is 16.5. The fourth-order valence-electron chi connectivity index (χ4n) is 16.8. The third-order valence-electron chi connectivity index (χ3n) is 22.2. The summed E-state index contributed by atoms with van der Waals surface area (Å²) in [5.74, 6) is 1.99. The van der Waals surface area contributed by atoms with Crippen LogP contribution in [0.5, 0.6) is 0 Å². The number of aliphatic hydroxyl groups excluding tert-OH is 2. The molecule has 17 rings (SSSR count). The Hall–Kier alpha value is -10.1. The quantitative estimate of drug-likeness (QED) is 0.0763. The minimum absolute atomic E-state index is 0.0187. The van der Waals surface area contributed by atoms with Gasteiger partial charge < -0.3 is 24.4 Å². The highest BCUT2D eigenvalue weighted by Crippen LogP contribution is 2.51. The molecular weight excluding hydrogens is 1290 g/mol. The first-order chi connectivity index (χ1) is 50.4. The second-order valence-electron chi connectivity index (χ2n) is 29.0. The zero-order valence-corrected chi connectivity index (χ0v) is 58.4. The van der Waals surface area contributed by atoms with Crippen molar-refractivity contribution in [1.82, 2.24) is 93.5 Å². The molecule has 3 aliphatic heterocycles. The second-order valence-corrected chi connectivity index (χ2v) is 29.0. The monoisotopic (exact) mass is 1380 g/mol. The number of aliphatic hydroxyl groups is 2. The summed E-state index contributed by atoms with van der Waals surface area (Å²) in [5, 5.41) is 53.9. The number of fused-ring (bicyclic) bond motifs is 2. The van der Waals surface area contributed by atoms with E-state index >= 15 is 0 Å². The largest absolute Gasteiger partial charge is 0.393 e. The van der Waals surface area contributed by atoms with Gasteiger partial charge in [-0.05, 0) is 105 Å². The van der Waals surface area contributed by atoms with E-state index in [1.807, 2.05) is 138 Å². The van der Waals surface area contributed by atoms with Crippen LogP contribution in [0.4, 0.5) is 0 Å². The van der Waals surface area contributed by atoms with E-state index in [4.69, 9.17) is 59.4 Å². The van der Waals surface area contributed by atoms with Gasteiger partial charge in [0.15, 0.2) is 17.5 Å². The second kappa shape index (κ2) is 28.6. The van der Waals surface area contributed by atoms with E-state index in [0.29, 0.717) is 72.4 Å². The molecule has 24 nitrogen and oxygen atoms in total. The summed E-state index contributed by atoms with van der Waals surface area (Å²) in [6.45, 7) is 6.51. The summed E-state index contributed by atoms with van der Waals surface area (Å²) in [7, 11) is 5.74. The van der Waals surface area contributed by atoms with Crippen LogP contribution in [0, 0.1) is 23.7 Å². The van der Waals surface area contributed by atoms with E-state index in [1.54, 1.807) is 14.0 Å². The van der Waals surface area contributed by atoms with Gasteiger partial charge in [-0.2, -0.15) is 30.6 Å². The van der Waals surface area contributed by atoms with Crippen molar-refractivity contribution < 1.29 is 24.4 Å². The lowest BCUT2D eigenvalue weighted by Gasteiger charge is -2.46. The molecule has 2 N–H and O–H groups in total. The van der Waals surface area contributed by atoms with Gasteiger partial charge in [-0.3, -0.25) is 33.0 Å². The van der Waals surface area contributed by atoms with Crippen molar-refractivity contribution in [3.63, 3.8) is 0 Å². The summed E-state index contributed by atoms with van der Waals surface area (Å²) in [4.78, 5) is 33.0. The van der Waals surface area contributed by atoms with Gasteiger partial charge >= 0.3 is 0 Å². The Kier molecular flexibility index (Phi) is 18.4. The third kappa shape index (κ3) is 13.7. The third-order valence-corrected chi connectivity index (χ3v) is 22.2. The molecule has 3 aromatic carbocycles. The molecule has 5 aliphatic rings. The number of aromatic nitrogens is 18. The molecule has 103 heavy (non-hydrogen) atoms. The van der Waals surface area contributed by atoms with Crippen molar-refractivity contribution in [2.45, 2.75) is 107 Å². The fourth-order valence-corrected chi connectivity index (χ4v) is 16.8. The van der Waals surface area contributed by atoms with Gasteiger partial charge in [0.25, 0.3) is 0 Å². The molecule has 5 fully saturated rings. The Morgan fingerprint density at radius 3 is 1.44 bits per heavy atom. The number of piperidine rings is 1. The number of nitrogens with zero attached hydrogens (tertiary/aromatic N) is 19. The van der Waals surface area contributed by atoms with E-state index in [2.05, 4.69) is 96.2 Å². The Morgan fingerprint density at radius 2 is 0.922 bits per heavy atom. The highest BCUT2D eigenvalue weighted by molar-refractivity contribution is 5.75. The lowest BCUT2D eigenvalue weighted by molar-refractivity contribution is -0.0887.